The molecule has 1 saturated heterocycles. The summed E-state index contributed by atoms with van der Waals surface area (Å²) in [5.41, 5.74) is 0.223. The van der Waals surface area contributed by atoms with Gasteiger partial charge in [-0.2, -0.15) is 18.3 Å². The van der Waals surface area contributed by atoms with Gasteiger partial charge >= 0.3 is 6.18 Å². The van der Waals surface area contributed by atoms with Crippen LogP contribution in [-0.4, -0.2) is 60.9 Å². The van der Waals surface area contributed by atoms with Crippen LogP contribution in [0.5, 0.6) is 0 Å². The van der Waals surface area contributed by atoms with Gasteiger partial charge < -0.3 is 15.3 Å². The Balaban J connectivity index is 1.21. The lowest BCUT2D eigenvalue weighted by Gasteiger charge is -2.40. The third-order valence-electron chi connectivity index (χ3n) is 7.33. The number of aromatic nitrogens is 4. The van der Waals surface area contributed by atoms with Crippen LogP contribution in [0.15, 0.2) is 30.7 Å². The van der Waals surface area contributed by atoms with Crippen LogP contribution in [0.4, 0.5) is 24.7 Å². The molecule has 1 aromatic carbocycles. The predicted molar refractivity (Wildman–Crippen MR) is 129 cm³/mol. The van der Waals surface area contributed by atoms with E-state index in [1.54, 1.807) is 6.20 Å². The second-order valence-electron chi connectivity index (χ2n) is 9.50. The second-order valence-corrected chi connectivity index (χ2v) is 10.6. The minimum Gasteiger partial charge on any atom is -0.380 e. The second kappa shape index (κ2) is 8.41. The van der Waals surface area contributed by atoms with Crippen LogP contribution < -0.4 is 5.32 Å². The van der Waals surface area contributed by atoms with E-state index in [0.29, 0.717) is 25.1 Å². The third-order valence-corrected chi connectivity index (χ3v) is 8.49. The molecule has 8 nitrogen and oxygen atoms in total. The van der Waals surface area contributed by atoms with E-state index in [4.69, 9.17) is 0 Å². The Morgan fingerprint density at radius 2 is 2.06 bits per heavy atom. The Morgan fingerprint density at radius 3 is 2.83 bits per heavy atom. The van der Waals surface area contributed by atoms with Crippen molar-refractivity contribution in [2.75, 3.05) is 18.4 Å². The number of fused-ring (bicyclic) bond motifs is 4. The van der Waals surface area contributed by atoms with E-state index in [-0.39, 0.29) is 24.9 Å². The number of thiophene rings is 1. The third kappa shape index (κ3) is 3.88. The van der Waals surface area contributed by atoms with E-state index in [2.05, 4.69) is 25.5 Å². The number of hydrogen-bond acceptors (Lipinski definition) is 7. The highest BCUT2D eigenvalue weighted by molar-refractivity contribution is 7.19. The van der Waals surface area contributed by atoms with Crippen molar-refractivity contribution in [2.24, 2.45) is 5.92 Å². The summed E-state index contributed by atoms with van der Waals surface area (Å²) < 4.78 is 39.4. The van der Waals surface area contributed by atoms with Gasteiger partial charge in [-0.05, 0) is 43.0 Å². The summed E-state index contributed by atoms with van der Waals surface area (Å²) >= 11 is 1.53. The number of carbonyl (C=O) groups is 1. The van der Waals surface area contributed by atoms with E-state index < -0.39 is 24.6 Å². The van der Waals surface area contributed by atoms with Crippen LogP contribution in [0.25, 0.3) is 21.1 Å². The quantitative estimate of drug-likeness (QED) is 0.374. The van der Waals surface area contributed by atoms with Gasteiger partial charge in [0.2, 0.25) is 5.91 Å². The van der Waals surface area contributed by atoms with Gasteiger partial charge in [-0.25, -0.2) is 9.97 Å². The van der Waals surface area contributed by atoms with Gasteiger partial charge in [0.1, 0.15) is 17.0 Å². The summed E-state index contributed by atoms with van der Waals surface area (Å²) in [6, 6.07) is 5.87. The number of hydrogen-bond donors (Lipinski definition) is 3. The molecule has 1 aliphatic carbocycles. The number of anilines is 2. The van der Waals surface area contributed by atoms with Crippen molar-refractivity contribution in [1.29, 1.82) is 0 Å². The first kappa shape index (κ1) is 23.2. The zero-order valence-corrected chi connectivity index (χ0v) is 19.9. The topological polar surface area (TPSA) is 107 Å². The monoisotopic (exact) mass is 516 g/mol. The lowest BCUT2D eigenvalue weighted by atomic mass is 9.85. The summed E-state index contributed by atoms with van der Waals surface area (Å²) in [4.78, 5) is 25.5. The lowest BCUT2D eigenvalue weighted by Crippen LogP contribution is -2.55. The highest BCUT2D eigenvalue weighted by Crippen LogP contribution is 2.42. The van der Waals surface area contributed by atoms with Crippen molar-refractivity contribution in [2.45, 2.75) is 43.9 Å². The molecule has 0 bridgehead atoms. The molecule has 4 aromatic rings. The van der Waals surface area contributed by atoms with Gasteiger partial charge in [0.05, 0.1) is 17.1 Å². The number of alkyl halides is 3. The Labute approximate surface area is 207 Å². The molecule has 6 rings (SSSR count). The number of aryl methyl sites for hydroxylation is 1. The zero-order chi connectivity index (χ0) is 25.1. The number of likely N-dealkylation sites (tertiary alicyclic amines) is 1. The van der Waals surface area contributed by atoms with Crippen molar-refractivity contribution in [3.63, 3.8) is 0 Å². The number of amides is 1. The molecular formula is C24H23F3N6O2S. The zero-order valence-electron chi connectivity index (χ0n) is 19.1. The minimum absolute atomic E-state index is 0.0921. The molecule has 0 unspecified atom stereocenters. The molecular weight excluding hydrogens is 493 g/mol. The van der Waals surface area contributed by atoms with Gasteiger partial charge in [-0.15, -0.1) is 11.3 Å². The molecule has 2 aliphatic rings. The molecule has 1 fully saturated rings. The Hall–Kier alpha value is -3.25. The molecule has 1 atom stereocenters. The molecule has 1 amide bonds. The standard InChI is InChI=1S/C24H23F3N6O2S/c25-24(26,27)23(35)5-7-33(8-6-23)22(34)13-1-3-16-18(10-13)36-21-19(16)20(28-12-29-21)31-15-2-4-17-14(9-15)11-30-32-17/h2,4,9,11-13,35H,1,3,5-8,10H2,(H,30,32)(H,28,29,31)/t13-/m0/s1. The molecule has 3 N–H and O–H groups in total. The molecule has 188 valence electrons. The molecule has 12 heteroatoms. The maximum atomic E-state index is 13.2. The van der Waals surface area contributed by atoms with Crippen molar-refractivity contribution >= 4 is 49.9 Å². The van der Waals surface area contributed by atoms with Gasteiger partial charge in [-0.3, -0.25) is 9.89 Å². The number of rotatable bonds is 3. The van der Waals surface area contributed by atoms with Crippen LogP contribution in [0.1, 0.15) is 29.7 Å². The molecule has 0 spiro atoms. The largest absolute Gasteiger partial charge is 0.417 e. The van der Waals surface area contributed by atoms with Crippen LogP contribution in [0, 0.1) is 5.92 Å². The van der Waals surface area contributed by atoms with Crippen molar-refractivity contribution in [3.05, 3.63) is 41.2 Å². The fourth-order valence-electron chi connectivity index (χ4n) is 5.21. The Kier molecular flexibility index (Phi) is 5.41. The van der Waals surface area contributed by atoms with E-state index in [0.717, 1.165) is 37.2 Å². The number of aromatic amines is 1. The van der Waals surface area contributed by atoms with Crippen LogP contribution in [0.2, 0.25) is 0 Å². The van der Waals surface area contributed by atoms with Crippen LogP contribution in [0.3, 0.4) is 0 Å². The molecule has 0 radical (unpaired) electrons. The van der Waals surface area contributed by atoms with E-state index >= 15 is 0 Å². The van der Waals surface area contributed by atoms with Gasteiger partial charge in [0.15, 0.2) is 5.60 Å². The van der Waals surface area contributed by atoms with Gasteiger partial charge in [0.25, 0.3) is 0 Å². The molecule has 0 saturated carbocycles. The van der Waals surface area contributed by atoms with Gasteiger partial charge in [0, 0.05) is 47.8 Å². The normalized spacial score (nSPS) is 20.0. The number of nitrogens with zero attached hydrogens (tertiary/aromatic N) is 4. The lowest BCUT2D eigenvalue weighted by molar-refractivity contribution is -0.272. The summed E-state index contributed by atoms with van der Waals surface area (Å²) in [6.07, 6.45) is -0.600. The molecule has 36 heavy (non-hydrogen) atoms. The molecule has 4 heterocycles. The minimum atomic E-state index is -4.68. The smallest absolute Gasteiger partial charge is 0.380 e. The van der Waals surface area contributed by atoms with Crippen LogP contribution in [-0.2, 0) is 17.6 Å². The summed E-state index contributed by atoms with van der Waals surface area (Å²) in [6.45, 7) is -0.184. The average Bonchev–Trinajstić information content (AvgIpc) is 3.47. The highest BCUT2D eigenvalue weighted by Gasteiger charge is 2.55. The fraction of sp³-hybridized carbons (Fsp3) is 0.417. The number of halogens is 3. The number of carbonyl (C=O) groups excluding carboxylic acids is 1. The molecule has 3 aromatic heterocycles. The highest BCUT2D eigenvalue weighted by atomic mass is 32.1. The summed E-state index contributed by atoms with van der Waals surface area (Å²) in [5.74, 6) is 0.267. The van der Waals surface area contributed by atoms with Crippen LogP contribution >= 0.6 is 11.3 Å². The van der Waals surface area contributed by atoms with Crippen molar-refractivity contribution in [1.82, 2.24) is 25.1 Å². The predicted octanol–water partition coefficient (Wildman–Crippen LogP) is 4.33. The van der Waals surface area contributed by atoms with Crippen molar-refractivity contribution in [3.8, 4) is 0 Å². The first-order valence-corrected chi connectivity index (χ1v) is 12.6. The first-order valence-electron chi connectivity index (χ1n) is 11.8. The maximum Gasteiger partial charge on any atom is 0.417 e. The van der Waals surface area contributed by atoms with E-state index in [9.17, 15) is 23.1 Å². The Morgan fingerprint density at radius 1 is 1.25 bits per heavy atom. The maximum absolute atomic E-state index is 13.2. The average molecular weight is 517 g/mol. The number of H-pyrrole nitrogens is 1. The number of benzene rings is 1. The fourth-order valence-corrected chi connectivity index (χ4v) is 6.48. The number of nitrogens with one attached hydrogen (secondary N) is 2. The summed E-state index contributed by atoms with van der Waals surface area (Å²) in [5, 5.41) is 22.2. The van der Waals surface area contributed by atoms with E-state index in [1.165, 1.54) is 22.6 Å². The van der Waals surface area contributed by atoms with Crippen molar-refractivity contribution < 1.29 is 23.1 Å². The number of aliphatic hydroxyl groups is 1. The number of piperidine rings is 1. The Bertz CT molecular complexity index is 1460. The SMILES string of the molecule is O=C([C@H]1CCc2c(sc3ncnc(Nc4ccc5[nH]ncc5c4)c23)C1)N1CCC(O)(C(F)(F)F)CC1. The van der Waals surface area contributed by atoms with Gasteiger partial charge in [-0.1, -0.05) is 0 Å². The summed E-state index contributed by atoms with van der Waals surface area (Å²) in [7, 11) is 0. The molecule has 1 aliphatic heterocycles. The van der Waals surface area contributed by atoms with E-state index in [1.807, 2.05) is 18.2 Å². The first-order chi connectivity index (χ1) is 17.2.